The highest BCUT2D eigenvalue weighted by atomic mass is 16.5. The van der Waals surface area contributed by atoms with Crippen molar-refractivity contribution in [2.24, 2.45) is 0 Å². The standard InChI is InChI=1S/C21H16N2O4/c1-24-16-8-10-19(11-9-16)26-18-6-4-15(5-7-18)21-22-20(27-23-21)13-12-17-3-2-14-25-17/h2-14H,1H3/b13-12+. The molecule has 0 aliphatic heterocycles. The summed E-state index contributed by atoms with van der Waals surface area (Å²) in [4.78, 5) is 4.35. The zero-order valence-corrected chi connectivity index (χ0v) is 14.5. The van der Waals surface area contributed by atoms with Crippen molar-refractivity contribution in [3.63, 3.8) is 0 Å². The van der Waals surface area contributed by atoms with Gasteiger partial charge in [-0.25, -0.2) is 0 Å². The maximum atomic E-state index is 5.81. The van der Waals surface area contributed by atoms with Gasteiger partial charge in [-0.15, -0.1) is 0 Å². The molecule has 0 aliphatic carbocycles. The van der Waals surface area contributed by atoms with Crippen LogP contribution in [0, 0.1) is 0 Å². The monoisotopic (exact) mass is 360 g/mol. The minimum Gasteiger partial charge on any atom is -0.497 e. The number of ether oxygens (including phenoxy) is 2. The minimum atomic E-state index is 0.403. The molecule has 2 heterocycles. The third kappa shape index (κ3) is 4.07. The van der Waals surface area contributed by atoms with Crippen LogP contribution in [0.3, 0.4) is 0 Å². The van der Waals surface area contributed by atoms with E-state index in [0.717, 1.165) is 22.8 Å². The molecule has 0 unspecified atom stereocenters. The Morgan fingerprint density at radius 3 is 2.22 bits per heavy atom. The first kappa shape index (κ1) is 16.7. The van der Waals surface area contributed by atoms with E-state index >= 15 is 0 Å². The van der Waals surface area contributed by atoms with Crippen LogP contribution < -0.4 is 9.47 Å². The minimum absolute atomic E-state index is 0.403. The lowest BCUT2D eigenvalue weighted by Gasteiger charge is -2.06. The van der Waals surface area contributed by atoms with E-state index in [1.165, 1.54) is 0 Å². The number of rotatable bonds is 6. The molecule has 0 N–H and O–H groups in total. The van der Waals surface area contributed by atoms with E-state index in [9.17, 15) is 0 Å². The Morgan fingerprint density at radius 2 is 1.56 bits per heavy atom. The third-order valence-corrected chi connectivity index (χ3v) is 3.78. The third-order valence-electron chi connectivity index (χ3n) is 3.78. The molecule has 6 nitrogen and oxygen atoms in total. The number of hydrogen-bond acceptors (Lipinski definition) is 6. The second-order valence-electron chi connectivity index (χ2n) is 5.61. The summed E-state index contributed by atoms with van der Waals surface area (Å²) in [6, 6.07) is 18.5. The van der Waals surface area contributed by atoms with Crippen molar-refractivity contribution >= 4 is 12.2 Å². The van der Waals surface area contributed by atoms with Gasteiger partial charge >= 0.3 is 0 Å². The molecule has 0 saturated carbocycles. The summed E-state index contributed by atoms with van der Waals surface area (Å²) in [6.07, 6.45) is 5.08. The first-order valence-electron chi connectivity index (χ1n) is 8.28. The van der Waals surface area contributed by atoms with E-state index in [2.05, 4.69) is 10.1 Å². The van der Waals surface area contributed by atoms with Crippen molar-refractivity contribution in [1.29, 1.82) is 0 Å². The van der Waals surface area contributed by atoms with Crippen molar-refractivity contribution < 1.29 is 18.4 Å². The fraction of sp³-hybridized carbons (Fsp3) is 0.0476. The average molecular weight is 360 g/mol. The normalized spacial score (nSPS) is 11.0. The molecular formula is C21H16N2O4. The van der Waals surface area contributed by atoms with E-state index in [1.54, 1.807) is 25.5 Å². The highest BCUT2D eigenvalue weighted by molar-refractivity contribution is 5.64. The van der Waals surface area contributed by atoms with Crippen molar-refractivity contribution in [3.8, 4) is 28.6 Å². The van der Waals surface area contributed by atoms with Crippen LogP contribution >= 0.6 is 0 Å². The molecule has 0 fully saturated rings. The van der Waals surface area contributed by atoms with Crippen LogP contribution in [-0.4, -0.2) is 17.3 Å². The molecule has 27 heavy (non-hydrogen) atoms. The number of aromatic nitrogens is 2. The van der Waals surface area contributed by atoms with Gasteiger partial charge in [-0.05, 0) is 66.7 Å². The van der Waals surface area contributed by atoms with Crippen molar-refractivity contribution in [2.45, 2.75) is 0 Å². The number of methoxy groups -OCH3 is 1. The van der Waals surface area contributed by atoms with Crippen molar-refractivity contribution in [1.82, 2.24) is 10.1 Å². The Bertz CT molecular complexity index is 1020. The fourth-order valence-corrected chi connectivity index (χ4v) is 2.41. The first-order valence-corrected chi connectivity index (χ1v) is 8.28. The van der Waals surface area contributed by atoms with Crippen LogP contribution in [0.5, 0.6) is 17.2 Å². The molecule has 0 atom stereocenters. The summed E-state index contributed by atoms with van der Waals surface area (Å²) < 4.78 is 21.4. The highest BCUT2D eigenvalue weighted by Crippen LogP contribution is 2.26. The molecule has 134 valence electrons. The zero-order chi connectivity index (χ0) is 18.5. The van der Waals surface area contributed by atoms with Gasteiger partial charge < -0.3 is 18.4 Å². The highest BCUT2D eigenvalue weighted by Gasteiger charge is 2.07. The maximum Gasteiger partial charge on any atom is 0.251 e. The van der Waals surface area contributed by atoms with Gasteiger partial charge in [0, 0.05) is 11.6 Å². The number of nitrogens with zero attached hydrogens (tertiary/aromatic N) is 2. The Hall–Kier alpha value is -3.80. The van der Waals surface area contributed by atoms with E-state index in [4.69, 9.17) is 18.4 Å². The largest absolute Gasteiger partial charge is 0.497 e. The molecule has 4 rings (SSSR count). The molecule has 0 aliphatic rings. The van der Waals surface area contributed by atoms with Gasteiger partial charge in [-0.1, -0.05) is 5.16 Å². The molecule has 2 aromatic carbocycles. The fourth-order valence-electron chi connectivity index (χ4n) is 2.41. The van der Waals surface area contributed by atoms with Crippen LogP contribution in [0.25, 0.3) is 23.5 Å². The average Bonchev–Trinajstić information content (AvgIpc) is 3.40. The first-order chi connectivity index (χ1) is 13.3. The summed E-state index contributed by atoms with van der Waals surface area (Å²) in [5.41, 5.74) is 0.832. The van der Waals surface area contributed by atoms with Gasteiger partial charge in [0.1, 0.15) is 23.0 Å². The van der Waals surface area contributed by atoms with Gasteiger partial charge in [0.15, 0.2) is 0 Å². The lowest BCUT2D eigenvalue weighted by molar-refractivity contribution is 0.411. The van der Waals surface area contributed by atoms with Crippen LogP contribution in [0.15, 0.2) is 75.9 Å². The zero-order valence-electron chi connectivity index (χ0n) is 14.5. The molecule has 0 bridgehead atoms. The SMILES string of the molecule is COc1ccc(Oc2ccc(-c3noc(/C=C/c4ccco4)n3)cc2)cc1. The van der Waals surface area contributed by atoms with Gasteiger partial charge in [0.05, 0.1) is 13.4 Å². The predicted octanol–water partition coefficient (Wildman–Crippen LogP) is 5.30. The number of hydrogen-bond donors (Lipinski definition) is 0. The number of benzene rings is 2. The molecule has 2 aromatic heterocycles. The van der Waals surface area contributed by atoms with E-state index in [1.807, 2.05) is 60.7 Å². The number of furan rings is 1. The predicted molar refractivity (Wildman–Crippen MR) is 100 cm³/mol. The lowest BCUT2D eigenvalue weighted by Crippen LogP contribution is -1.86. The van der Waals surface area contributed by atoms with Crippen LogP contribution in [-0.2, 0) is 0 Å². The Balaban J connectivity index is 1.44. The Morgan fingerprint density at radius 1 is 0.852 bits per heavy atom. The summed E-state index contributed by atoms with van der Waals surface area (Å²) in [5, 5.41) is 4.00. The second kappa shape index (κ2) is 7.61. The van der Waals surface area contributed by atoms with Crippen molar-refractivity contribution in [2.75, 3.05) is 7.11 Å². The van der Waals surface area contributed by atoms with Gasteiger partial charge in [-0.2, -0.15) is 4.98 Å². The second-order valence-corrected chi connectivity index (χ2v) is 5.61. The summed E-state index contributed by atoms with van der Waals surface area (Å²) in [6.45, 7) is 0. The summed E-state index contributed by atoms with van der Waals surface area (Å²) in [5.74, 6) is 3.85. The molecule has 0 saturated heterocycles. The van der Waals surface area contributed by atoms with Crippen LogP contribution in [0.1, 0.15) is 11.7 Å². The van der Waals surface area contributed by atoms with E-state index in [-0.39, 0.29) is 0 Å². The van der Waals surface area contributed by atoms with E-state index < -0.39 is 0 Å². The maximum absolute atomic E-state index is 5.81. The molecule has 0 spiro atoms. The van der Waals surface area contributed by atoms with Gasteiger partial charge in [0.2, 0.25) is 5.82 Å². The van der Waals surface area contributed by atoms with Crippen LogP contribution in [0.4, 0.5) is 0 Å². The smallest absolute Gasteiger partial charge is 0.251 e. The van der Waals surface area contributed by atoms with E-state index in [0.29, 0.717) is 17.5 Å². The van der Waals surface area contributed by atoms with Gasteiger partial charge in [0.25, 0.3) is 5.89 Å². The Kier molecular flexibility index (Phi) is 4.70. The molecule has 6 heteroatoms. The molecule has 0 radical (unpaired) electrons. The topological polar surface area (TPSA) is 70.5 Å². The summed E-state index contributed by atoms with van der Waals surface area (Å²) >= 11 is 0. The molecule has 0 amide bonds. The molecular weight excluding hydrogens is 344 g/mol. The van der Waals surface area contributed by atoms with Crippen molar-refractivity contribution in [3.05, 3.63) is 78.6 Å². The quantitative estimate of drug-likeness (QED) is 0.465. The Labute approximate surface area is 155 Å². The molecule has 4 aromatic rings. The summed E-state index contributed by atoms with van der Waals surface area (Å²) in [7, 11) is 1.63. The van der Waals surface area contributed by atoms with Gasteiger partial charge in [-0.3, -0.25) is 0 Å². The lowest BCUT2D eigenvalue weighted by atomic mass is 10.2. The van der Waals surface area contributed by atoms with Crippen LogP contribution in [0.2, 0.25) is 0 Å².